The molecule has 1 aromatic rings. The predicted octanol–water partition coefficient (Wildman–Crippen LogP) is 0.487. The van der Waals surface area contributed by atoms with Gasteiger partial charge in [0.1, 0.15) is 4.90 Å². The van der Waals surface area contributed by atoms with Gasteiger partial charge in [0.2, 0.25) is 10.0 Å². The summed E-state index contributed by atoms with van der Waals surface area (Å²) in [6.45, 7) is 2.68. The Bertz CT molecular complexity index is 430. The van der Waals surface area contributed by atoms with Gasteiger partial charge in [0.25, 0.3) is 0 Å². The van der Waals surface area contributed by atoms with Crippen molar-refractivity contribution in [3.05, 3.63) is 24.5 Å². The molecule has 0 radical (unpaired) electrons. The molecule has 17 heavy (non-hydrogen) atoms. The highest BCUT2D eigenvalue weighted by atomic mass is 35.5. The molecule has 1 aromatic heterocycles. The first-order valence-electron chi connectivity index (χ1n) is 5.32. The van der Waals surface area contributed by atoms with E-state index in [1.165, 1.54) is 10.5 Å². The van der Waals surface area contributed by atoms with E-state index >= 15 is 0 Å². The number of hydrogen-bond donors (Lipinski definition) is 1. The van der Waals surface area contributed by atoms with Crippen molar-refractivity contribution in [2.75, 3.05) is 26.2 Å². The summed E-state index contributed by atoms with van der Waals surface area (Å²) in [5.74, 6) is 0. The molecule has 2 rings (SSSR count). The maximum absolute atomic E-state index is 12.2. The quantitative estimate of drug-likeness (QED) is 0.855. The van der Waals surface area contributed by atoms with Crippen molar-refractivity contribution in [1.29, 1.82) is 0 Å². The minimum absolute atomic E-state index is 0. The summed E-state index contributed by atoms with van der Waals surface area (Å²) in [5.41, 5.74) is 0. The van der Waals surface area contributed by atoms with Crippen LogP contribution in [0.5, 0.6) is 0 Å². The van der Waals surface area contributed by atoms with E-state index in [0.717, 1.165) is 13.0 Å². The first kappa shape index (κ1) is 14.4. The van der Waals surface area contributed by atoms with Crippen LogP contribution in [-0.4, -0.2) is 43.9 Å². The summed E-state index contributed by atoms with van der Waals surface area (Å²) in [6, 6.07) is 3.23. The molecule has 7 heteroatoms. The second kappa shape index (κ2) is 6.30. The summed E-state index contributed by atoms with van der Waals surface area (Å²) in [4.78, 5) is 4.12. The van der Waals surface area contributed by atoms with Crippen LogP contribution >= 0.6 is 12.4 Å². The highest BCUT2D eigenvalue weighted by Crippen LogP contribution is 2.14. The fourth-order valence-electron chi connectivity index (χ4n) is 1.71. The summed E-state index contributed by atoms with van der Waals surface area (Å²) in [6.07, 6.45) is 3.82. The first-order chi connectivity index (χ1) is 7.71. The summed E-state index contributed by atoms with van der Waals surface area (Å²) < 4.78 is 25.9. The number of sulfonamides is 1. The van der Waals surface area contributed by atoms with E-state index in [4.69, 9.17) is 0 Å². The van der Waals surface area contributed by atoms with Crippen molar-refractivity contribution in [1.82, 2.24) is 14.6 Å². The van der Waals surface area contributed by atoms with Crippen molar-refractivity contribution in [3.63, 3.8) is 0 Å². The molecule has 1 saturated heterocycles. The molecule has 5 nitrogen and oxygen atoms in total. The van der Waals surface area contributed by atoms with Crippen molar-refractivity contribution >= 4 is 22.4 Å². The van der Waals surface area contributed by atoms with Crippen LogP contribution in [0.1, 0.15) is 6.42 Å². The normalized spacial score (nSPS) is 18.1. The molecule has 0 aromatic carbocycles. The summed E-state index contributed by atoms with van der Waals surface area (Å²) >= 11 is 0. The first-order valence-corrected chi connectivity index (χ1v) is 6.76. The van der Waals surface area contributed by atoms with Crippen molar-refractivity contribution < 1.29 is 8.42 Å². The maximum atomic E-state index is 12.2. The van der Waals surface area contributed by atoms with Crippen LogP contribution in [0.2, 0.25) is 0 Å². The molecule has 0 amide bonds. The lowest BCUT2D eigenvalue weighted by molar-refractivity contribution is 0.431. The molecule has 96 valence electrons. The number of nitrogens with one attached hydrogen (secondary N) is 1. The van der Waals surface area contributed by atoms with E-state index in [2.05, 4.69) is 10.3 Å². The standard InChI is InChI=1S/C10H15N3O2S.ClH/c14-16(15,10-3-1-4-12-9-10)13-7-2-5-11-6-8-13;/h1,3-4,9,11H,2,5-8H2;1H. The Morgan fingerprint density at radius 1 is 1.29 bits per heavy atom. The molecule has 0 aliphatic carbocycles. The number of rotatable bonds is 2. The fraction of sp³-hybridized carbons (Fsp3) is 0.500. The van der Waals surface area contributed by atoms with Crippen molar-refractivity contribution in [2.45, 2.75) is 11.3 Å². The third-order valence-electron chi connectivity index (χ3n) is 2.57. The molecule has 0 unspecified atom stereocenters. The minimum atomic E-state index is -3.35. The maximum Gasteiger partial charge on any atom is 0.244 e. The molecule has 0 saturated carbocycles. The number of nitrogens with zero attached hydrogens (tertiary/aromatic N) is 2. The Morgan fingerprint density at radius 2 is 2.12 bits per heavy atom. The zero-order valence-electron chi connectivity index (χ0n) is 9.37. The number of aromatic nitrogens is 1. The van der Waals surface area contributed by atoms with E-state index in [1.54, 1.807) is 18.3 Å². The predicted molar refractivity (Wildman–Crippen MR) is 67.7 cm³/mol. The average Bonchev–Trinajstić information content (AvgIpc) is 2.59. The van der Waals surface area contributed by atoms with Crippen molar-refractivity contribution in [2.24, 2.45) is 0 Å². The van der Waals surface area contributed by atoms with Crippen LogP contribution < -0.4 is 5.32 Å². The zero-order valence-corrected chi connectivity index (χ0v) is 11.0. The van der Waals surface area contributed by atoms with Crippen LogP contribution in [0.4, 0.5) is 0 Å². The van der Waals surface area contributed by atoms with E-state index in [1.807, 2.05) is 0 Å². The number of pyridine rings is 1. The highest BCUT2D eigenvalue weighted by molar-refractivity contribution is 7.89. The third kappa shape index (κ3) is 3.38. The van der Waals surface area contributed by atoms with Gasteiger partial charge in [-0.05, 0) is 25.1 Å². The molecule has 1 aliphatic rings. The van der Waals surface area contributed by atoms with E-state index in [0.29, 0.717) is 19.6 Å². The molecule has 1 fully saturated rings. The van der Waals surface area contributed by atoms with Gasteiger partial charge < -0.3 is 5.32 Å². The van der Waals surface area contributed by atoms with Crippen LogP contribution in [0.15, 0.2) is 29.4 Å². The third-order valence-corrected chi connectivity index (χ3v) is 4.45. The molecule has 0 spiro atoms. The Kier molecular flexibility index (Phi) is 5.32. The Labute approximate surface area is 108 Å². The van der Waals surface area contributed by atoms with Gasteiger partial charge in [0.05, 0.1) is 0 Å². The van der Waals surface area contributed by atoms with Gasteiger partial charge in [-0.25, -0.2) is 8.42 Å². The van der Waals surface area contributed by atoms with Crippen LogP contribution in [0, 0.1) is 0 Å². The smallest absolute Gasteiger partial charge is 0.244 e. The van der Waals surface area contributed by atoms with Crippen LogP contribution in [-0.2, 0) is 10.0 Å². The lowest BCUT2D eigenvalue weighted by Crippen LogP contribution is -2.34. The Hall–Kier alpha value is -0.690. The lowest BCUT2D eigenvalue weighted by atomic mass is 10.4. The molecule has 2 heterocycles. The highest BCUT2D eigenvalue weighted by Gasteiger charge is 2.24. The summed E-state index contributed by atoms with van der Waals surface area (Å²) in [7, 11) is -3.35. The topological polar surface area (TPSA) is 62.3 Å². The number of halogens is 1. The monoisotopic (exact) mass is 277 g/mol. The second-order valence-corrected chi connectivity index (χ2v) is 5.63. The Morgan fingerprint density at radius 3 is 2.82 bits per heavy atom. The van der Waals surface area contributed by atoms with Gasteiger partial charge in [-0.15, -0.1) is 12.4 Å². The molecular weight excluding hydrogens is 262 g/mol. The average molecular weight is 278 g/mol. The summed E-state index contributed by atoms with van der Waals surface area (Å²) in [5, 5.41) is 3.18. The molecular formula is C10H16ClN3O2S. The molecule has 1 N–H and O–H groups in total. The molecule has 0 atom stereocenters. The fourth-order valence-corrected chi connectivity index (χ4v) is 3.15. The van der Waals surface area contributed by atoms with E-state index < -0.39 is 10.0 Å². The zero-order chi connectivity index (χ0) is 11.4. The van der Waals surface area contributed by atoms with E-state index in [-0.39, 0.29) is 17.3 Å². The van der Waals surface area contributed by atoms with Gasteiger partial charge in [-0.3, -0.25) is 4.98 Å². The van der Waals surface area contributed by atoms with Crippen LogP contribution in [0.25, 0.3) is 0 Å². The van der Waals surface area contributed by atoms with Gasteiger partial charge in [0.15, 0.2) is 0 Å². The van der Waals surface area contributed by atoms with Gasteiger partial charge in [-0.1, -0.05) is 0 Å². The van der Waals surface area contributed by atoms with Crippen LogP contribution in [0.3, 0.4) is 0 Å². The van der Waals surface area contributed by atoms with Gasteiger partial charge in [-0.2, -0.15) is 4.31 Å². The molecule has 0 bridgehead atoms. The largest absolute Gasteiger partial charge is 0.315 e. The molecule has 1 aliphatic heterocycles. The lowest BCUT2D eigenvalue weighted by Gasteiger charge is -2.19. The minimum Gasteiger partial charge on any atom is -0.315 e. The van der Waals surface area contributed by atoms with Gasteiger partial charge >= 0.3 is 0 Å². The second-order valence-electron chi connectivity index (χ2n) is 3.70. The Balaban J connectivity index is 0.00000144. The van der Waals surface area contributed by atoms with E-state index in [9.17, 15) is 8.42 Å². The number of hydrogen-bond acceptors (Lipinski definition) is 4. The van der Waals surface area contributed by atoms with Gasteiger partial charge in [0, 0.05) is 32.0 Å². The SMILES string of the molecule is Cl.O=S(=O)(c1cccnc1)N1CCCNCC1. The van der Waals surface area contributed by atoms with Crippen molar-refractivity contribution in [3.8, 4) is 0 Å².